The van der Waals surface area contributed by atoms with E-state index in [4.69, 9.17) is 4.42 Å². The van der Waals surface area contributed by atoms with E-state index in [1.54, 1.807) is 12.4 Å². The van der Waals surface area contributed by atoms with Crippen molar-refractivity contribution in [3.63, 3.8) is 0 Å². The fraction of sp³-hybridized carbons (Fsp3) is 0.350. The molecule has 1 aliphatic rings. The molecule has 2 aromatic heterocycles. The molecule has 1 amide bonds. The summed E-state index contributed by atoms with van der Waals surface area (Å²) >= 11 is 0. The SMILES string of the molecule is O=C(CC1CCCCC1)Nc1ccc2nc(-c3ccncc3)oc2c1. The van der Waals surface area contributed by atoms with Gasteiger partial charge in [0, 0.05) is 36.1 Å². The first-order chi connectivity index (χ1) is 12.3. The van der Waals surface area contributed by atoms with E-state index >= 15 is 0 Å². The maximum absolute atomic E-state index is 12.3. The molecule has 1 N–H and O–H groups in total. The number of hydrogen-bond donors (Lipinski definition) is 1. The number of fused-ring (bicyclic) bond motifs is 1. The van der Waals surface area contributed by atoms with Crippen molar-refractivity contribution in [1.82, 2.24) is 9.97 Å². The molecule has 25 heavy (non-hydrogen) atoms. The highest BCUT2D eigenvalue weighted by atomic mass is 16.3. The van der Waals surface area contributed by atoms with Gasteiger partial charge in [-0.2, -0.15) is 0 Å². The van der Waals surface area contributed by atoms with Gasteiger partial charge >= 0.3 is 0 Å². The van der Waals surface area contributed by atoms with Gasteiger partial charge in [-0.15, -0.1) is 0 Å². The summed E-state index contributed by atoms with van der Waals surface area (Å²) in [7, 11) is 0. The van der Waals surface area contributed by atoms with E-state index in [2.05, 4.69) is 15.3 Å². The molecule has 1 aromatic carbocycles. The summed E-state index contributed by atoms with van der Waals surface area (Å²) in [5, 5.41) is 2.99. The molecule has 1 saturated carbocycles. The van der Waals surface area contributed by atoms with Crippen molar-refractivity contribution in [2.75, 3.05) is 5.32 Å². The van der Waals surface area contributed by atoms with Gasteiger partial charge in [-0.25, -0.2) is 4.98 Å². The van der Waals surface area contributed by atoms with Gasteiger partial charge in [0.25, 0.3) is 0 Å². The van der Waals surface area contributed by atoms with Gasteiger partial charge < -0.3 is 9.73 Å². The van der Waals surface area contributed by atoms with Crippen LogP contribution in [-0.4, -0.2) is 15.9 Å². The van der Waals surface area contributed by atoms with Crippen LogP contribution in [0.15, 0.2) is 47.1 Å². The zero-order valence-corrected chi connectivity index (χ0v) is 14.1. The number of amides is 1. The number of oxazole rings is 1. The maximum Gasteiger partial charge on any atom is 0.227 e. The quantitative estimate of drug-likeness (QED) is 0.743. The largest absolute Gasteiger partial charge is 0.436 e. The summed E-state index contributed by atoms with van der Waals surface area (Å²) in [6.45, 7) is 0. The van der Waals surface area contributed by atoms with Gasteiger partial charge in [-0.05, 0) is 43.0 Å². The first kappa shape index (κ1) is 15.8. The number of nitrogens with one attached hydrogen (secondary N) is 1. The highest BCUT2D eigenvalue weighted by Crippen LogP contribution is 2.28. The molecule has 0 aliphatic heterocycles. The average Bonchev–Trinajstić information content (AvgIpc) is 3.06. The number of carbonyl (C=O) groups is 1. The Balaban J connectivity index is 1.48. The highest BCUT2D eigenvalue weighted by molar-refractivity contribution is 5.93. The van der Waals surface area contributed by atoms with Gasteiger partial charge in [-0.3, -0.25) is 9.78 Å². The predicted octanol–water partition coefficient (Wildman–Crippen LogP) is 4.80. The maximum atomic E-state index is 12.3. The van der Waals surface area contributed by atoms with Crippen molar-refractivity contribution >= 4 is 22.7 Å². The van der Waals surface area contributed by atoms with Crippen LogP contribution in [0.4, 0.5) is 5.69 Å². The van der Waals surface area contributed by atoms with E-state index in [-0.39, 0.29) is 5.91 Å². The normalized spacial score (nSPS) is 15.4. The van der Waals surface area contributed by atoms with Crippen LogP contribution in [0.2, 0.25) is 0 Å². The molecule has 0 spiro atoms. The molecule has 0 atom stereocenters. The zero-order valence-electron chi connectivity index (χ0n) is 14.1. The lowest BCUT2D eigenvalue weighted by Crippen LogP contribution is -2.18. The van der Waals surface area contributed by atoms with E-state index in [1.165, 1.54) is 32.1 Å². The fourth-order valence-electron chi connectivity index (χ4n) is 3.49. The Hall–Kier alpha value is -2.69. The Morgan fingerprint density at radius 1 is 1.12 bits per heavy atom. The number of carbonyl (C=O) groups excluding carboxylic acids is 1. The number of aromatic nitrogens is 2. The first-order valence-corrected chi connectivity index (χ1v) is 8.89. The molecule has 1 fully saturated rings. The molecule has 5 heteroatoms. The smallest absolute Gasteiger partial charge is 0.227 e. The first-order valence-electron chi connectivity index (χ1n) is 8.89. The van der Waals surface area contributed by atoms with Gasteiger partial charge in [0.1, 0.15) is 5.52 Å². The predicted molar refractivity (Wildman–Crippen MR) is 97.1 cm³/mol. The third-order valence-electron chi connectivity index (χ3n) is 4.80. The molecule has 0 unspecified atom stereocenters. The molecular formula is C20H21N3O2. The minimum absolute atomic E-state index is 0.0834. The van der Waals surface area contributed by atoms with Crippen molar-refractivity contribution in [1.29, 1.82) is 0 Å². The molecule has 3 aromatic rings. The molecular weight excluding hydrogens is 314 g/mol. The van der Waals surface area contributed by atoms with Gasteiger partial charge in [0.05, 0.1) is 0 Å². The van der Waals surface area contributed by atoms with Crippen LogP contribution in [0, 0.1) is 5.92 Å². The van der Waals surface area contributed by atoms with Crippen LogP contribution in [-0.2, 0) is 4.79 Å². The third-order valence-corrected chi connectivity index (χ3v) is 4.80. The molecule has 0 saturated heterocycles. The van der Waals surface area contributed by atoms with Crippen LogP contribution < -0.4 is 5.32 Å². The van der Waals surface area contributed by atoms with Gasteiger partial charge in [0.2, 0.25) is 11.8 Å². The van der Waals surface area contributed by atoms with E-state index in [9.17, 15) is 4.79 Å². The molecule has 0 bridgehead atoms. The van der Waals surface area contributed by atoms with Gasteiger partial charge in [0.15, 0.2) is 5.58 Å². The van der Waals surface area contributed by atoms with E-state index in [0.29, 0.717) is 23.8 Å². The van der Waals surface area contributed by atoms with Crippen molar-refractivity contribution in [3.8, 4) is 11.5 Å². The summed E-state index contributed by atoms with van der Waals surface area (Å²) in [6.07, 6.45) is 10.2. The van der Waals surface area contributed by atoms with Crippen LogP contribution in [0.1, 0.15) is 38.5 Å². The summed E-state index contributed by atoms with van der Waals surface area (Å²) in [6, 6.07) is 9.31. The van der Waals surface area contributed by atoms with E-state index < -0.39 is 0 Å². The minimum atomic E-state index is 0.0834. The number of hydrogen-bond acceptors (Lipinski definition) is 4. The fourth-order valence-corrected chi connectivity index (χ4v) is 3.49. The Kier molecular flexibility index (Phi) is 4.46. The molecule has 5 nitrogen and oxygen atoms in total. The van der Waals surface area contributed by atoms with Crippen molar-refractivity contribution in [2.45, 2.75) is 38.5 Å². The Morgan fingerprint density at radius 3 is 2.72 bits per heavy atom. The van der Waals surface area contributed by atoms with Crippen molar-refractivity contribution < 1.29 is 9.21 Å². The molecule has 1 aliphatic carbocycles. The standard InChI is InChI=1S/C20H21N3O2/c24-19(12-14-4-2-1-3-5-14)22-16-6-7-17-18(13-16)25-20(23-17)15-8-10-21-11-9-15/h6-11,13-14H,1-5,12H2,(H,22,24). The monoisotopic (exact) mass is 335 g/mol. The number of anilines is 1. The molecule has 0 radical (unpaired) electrons. The zero-order chi connectivity index (χ0) is 17.1. The molecule has 4 rings (SSSR count). The summed E-state index contributed by atoms with van der Waals surface area (Å²) in [5.74, 6) is 1.17. The lowest BCUT2D eigenvalue weighted by Gasteiger charge is -2.20. The van der Waals surface area contributed by atoms with Crippen LogP contribution in [0.3, 0.4) is 0 Å². The van der Waals surface area contributed by atoms with Crippen molar-refractivity contribution in [2.24, 2.45) is 5.92 Å². The number of rotatable bonds is 4. The van der Waals surface area contributed by atoms with E-state index in [0.717, 1.165) is 16.8 Å². The molecule has 2 heterocycles. The minimum Gasteiger partial charge on any atom is -0.436 e. The third kappa shape index (κ3) is 3.71. The van der Waals surface area contributed by atoms with Gasteiger partial charge in [-0.1, -0.05) is 19.3 Å². The second kappa shape index (κ2) is 7.05. The van der Waals surface area contributed by atoms with Crippen LogP contribution in [0.5, 0.6) is 0 Å². The Bertz CT molecular complexity index is 867. The number of pyridine rings is 1. The van der Waals surface area contributed by atoms with E-state index in [1.807, 2.05) is 30.3 Å². The highest BCUT2D eigenvalue weighted by Gasteiger charge is 2.17. The summed E-state index contributed by atoms with van der Waals surface area (Å²) in [5.41, 5.74) is 3.08. The van der Waals surface area contributed by atoms with Crippen molar-refractivity contribution in [3.05, 3.63) is 42.7 Å². The topological polar surface area (TPSA) is 68.0 Å². The average molecular weight is 335 g/mol. The Labute approximate surface area is 146 Å². The molecule has 128 valence electrons. The number of nitrogens with zero attached hydrogens (tertiary/aromatic N) is 2. The lowest BCUT2D eigenvalue weighted by molar-refractivity contribution is -0.117. The lowest BCUT2D eigenvalue weighted by atomic mass is 9.87. The van der Waals surface area contributed by atoms with Crippen LogP contribution >= 0.6 is 0 Å². The number of benzene rings is 1. The summed E-state index contributed by atoms with van der Waals surface area (Å²) < 4.78 is 5.84. The summed E-state index contributed by atoms with van der Waals surface area (Å²) in [4.78, 5) is 20.8. The van der Waals surface area contributed by atoms with Crippen LogP contribution in [0.25, 0.3) is 22.6 Å². The second-order valence-electron chi connectivity index (χ2n) is 6.69. The Morgan fingerprint density at radius 2 is 1.92 bits per heavy atom. The second-order valence-corrected chi connectivity index (χ2v) is 6.69.